The van der Waals surface area contributed by atoms with Gasteiger partial charge in [-0.1, -0.05) is 0 Å². The second-order valence-corrected chi connectivity index (χ2v) is 2.25. The monoisotopic (exact) mass is 202 g/mol. The van der Waals surface area contributed by atoms with Gasteiger partial charge in [0.2, 0.25) is 0 Å². The predicted molar refractivity (Wildman–Crippen MR) is 49.9 cm³/mol. The van der Waals surface area contributed by atoms with Crippen molar-refractivity contribution in [2.75, 3.05) is 13.2 Å². The molecular weight excluding hydrogens is 188 g/mol. The average molecular weight is 202 g/mol. The molecule has 0 unspecified atom stereocenters. The van der Waals surface area contributed by atoms with E-state index in [0.717, 1.165) is 0 Å². The standard InChI is InChI=1S/C8H14N2O4/c1-4-13-7(11)6(3)9-10-8(12)14-5-2/h4-5H2,1-3H3,(H,10,12)/b9-6-. The first kappa shape index (κ1) is 12.4. The van der Waals surface area contributed by atoms with E-state index < -0.39 is 12.1 Å². The van der Waals surface area contributed by atoms with Gasteiger partial charge in [-0.2, -0.15) is 5.10 Å². The molecule has 0 fully saturated rings. The van der Waals surface area contributed by atoms with Gasteiger partial charge in [0.15, 0.2) is 0 Å². The van der Waals surface area contributed by atoms with Crippen LogP contribution in [0, 0.1) is 0 Å². The molecule has 0 aromatic heterocycles. The molecule has 80 valence electrons. The summed E-state index contributed by atoms with van der Waals surface area (Å²) in [5, 5.41) is 3.48. The zero-order valence-corrected chi connectivity index (χ0v) is 8.49. The van der Waals surface area contributed by atoms with Crippen LogP contribution in [-0.2, 0) is 14.3 Å². The Kier molecular flexibility index (Phi) is 6.09. The molecule has 0 spiro atoms. The average Bonchev–Trinajstić information content (AvgIpc) is 2.15. The molecular formula is C8H14N2O4. The van der Waals surface area contributed by atoms with Crippen LogP contribution in [0.1, 0.15) is 20.8 Å². The van der Waals surface area contributed by atoms with Crippen LogP contribution in [0.4, 0.5) is 4.79 Å². The van der Waals surface area contributed by atoms with E-state index in [1.165, 1.54) is 6.92 Å². The van der Waals surface area contributed by atoms with E-state index in [-0.39, 0.29) is 18.9 Å². The van der Waals surface area contributed by atoms with Crippen molar-refractivity contribution < 1.29 is 19.1 Å². The van der Waals surface area contributed by atoms with Crippen LogP contribution in [0.2, 0.25) is 0 Å². The lowest BCUT2D eigenvalue weighted by Crippen LogP contribution is -2.23. The van der Waals surface area contributed by atoms with Crippen molar-refractivity contribution in [2.45, 2.75) is 20.8 Å². The van der Waals surface area contributed by atoms with Gasteiger partial charge in [0, 0.05) is 0 Å². The molecule has 0 aromatic carbocycles. The SMILES string of the molecule is CCOC(=O)N/N=C(/C)C(=O)OCC. The number of hydrazone groups is 1. The van der Waals surface area contributed by atoms with Crippen molar-refractivity contribution in [3.05, 3.63) is 0 Å². The third kappa shape index (κ3) is 5.13. The van der Waals surface area contributed by atoms with Crippen LogP contribution < -0.4 is 5.43 Å². The predicted octanol–water partition coefficient (Wildman–Crippen LogP) is 0.671. The van der Waals surface area contributed by atoms with Crippen molar-refractivity contribution in [3.63, 3.8) is 0 Å². The summed E-state index contributed by atoms with van der Waals surface area (Å²) in [4.78, 5) is 21.7. The highest BCUT2D eigenvalue weighted by atomic mass is 16.6. The molecule has 6 heteroatoms. The molecule has 0 aliphatic carbocycles. The molecule has 0 heterocycles. The van der Waals surface area contributed by atoms with E-state index >= 15 is 0 Å². The van der Waals surface area contributed by atoms with Crippen LogP contribution in [-0.4, -0.2) is 31.0 Å². The van der Waals surface area contributed by atoms with Gasteiger partial charge < -0.3 is 9.47 Å². The van der Waals surface area contributed by atoms with E-state index in [9.17, 15) is 9.59 Å². The molecule has 1 N–H and O–H groups in total. The van der Waals surface area contributed by atoms with E-state index in [1.807, 2.05) is 5.43 Å². The lowest BCUT2D eigenvalue weighted by Gasteiger charge is -2.02. The highest BCUT2D eigenvalue weighted by Crippen LogP contribution is 1.84. The minimum atomic E-state index is -0.698. The Morgan fingerprint density at radius 2 is 1.79 bits per heavy atom. The highest BCUT2D eigenvalue weighted by molar-refractivity contribution is 6.35. The van der Waals surface area contributed by atoms with Gasteiger partial charge in [0.1, 0.15) is 5.71 Å². The number of carbonyl (C=O) groups excluding carboxylic acids is 2. The van der Waals surface area contributed by atoms with Gasteiger partial charge in [-0.25, -0.2) is 15.0 Å². The number of ether oxygens (including phenoxy) is 2. The normalized spacial score (nSPS) is 10.6. The minimum Gasteiger partial charge on any atom is -0.461 e. The van der Waals surface area contributed by atoms with Crippen molar-refractivity contribution in [3.8, 4) is 0 Å². The van der Waals surface area contributed by atoms with E-state index in [2.05, 4.69) is 14.6 Å². The summed E-state index contributed by atoms with van der Waals surface area (Å²) in [5.41, 5.74) is 2.12. The van der Waals surface area contributed by atoms with E-state index in [1.54, 1.807) is 13.8 Å². The fourth-order valence-corrected chi connectivity index (χ4v) is 0.574. The number of carbonyl (C=O) groups is 2. The second kappa shape index (κ2) is 6.88. The summed E-state index contributed by atoms with van der Waals surface area (Å²) in [6.45, 7) is 5.31. The fourth-order valence-electron chi connectivity index (χ4n) is 0.574. The largest absolute Gasteiger partial charge is 0.461 e. The van der Waals surface area contributed by atoms with Gasteiger partial charge in [0.25, 0.3) is 0 Å². The molecule has 0 aromatic rings. The maximum absolute atomic E-state index is 11.0. The Labute approximate surface area is 82.3 Å². The number of esters is 1. The number of rotatable bonds is 4. The summed E-state index contributed by atoms with van der Waals surface area (Å²) in [6.07, 6.45) is -0.698. The number of nitrogens with zero attached hydrogens (tertiary/aromatic N) is 1. The molecule has 14 heavy (non-hydrogen) atoms. The molecule has 0 rings (SSSR count). The Morgan fingerprint density at radius 1 is 1.21 bits per heavy atom. The molecule has 1 amide bonds. The van der Waals surface area contributed by atoms with Crippen LogP contribution in [0.25, 0.3) is 0 Å². The second-order valence-electron chi connectivity index (χ2n) is 2.25. The lowest BCUT2D eigenvalue weighted by molar-refractivity contribution is -0.135. The Hall–Kier alpha value is -1.59. The Balaban J connectivity index is 3.98. The molecule has 0 atom stereocenters. The van der Waals surface area contributed by atoms with Gasteiger partial charge in [-0.15, -0.1) is 0 Å². The van der Waals surface area contributed by atoms with Gasteiger partial charge >= 0.3 is 12.1 Å². The first-order chi connectivity index (χ1) is 6.61. The summed E-state index contributed by atoms with van der Waals surface area (Å²) in [7, 11) is 0. The van der Waals surface area contributed by atoms with Crippen LogP contribution in [0.5, 0.6) is 0 Å². The summed E-state index contributed by atoms with van der Waals surface area (Å²) < 4.78 is 9.16. The summed E-state index contributed by atoms with van der Waals surface area (Å²) in [6, 6.07) is 0. The number of amides is 1. The molecule has 6 nitrogen and oxygen atoms in total. The number of hydrogen-bond acceptors (Lipinski definition) is 5. The molecule has 0 saturated heterocycles. The van der Waals surface area contributed by atoms with E-state index in [0.29, 0.717) is 0 Å². The topological polar surface area (TPSA) is 77.0 Å². The lowest BCUT2D eigenvalue weighted by atomic mass is 10.4. The Bertz CT molecular complexity index is 237. The van der Waals surface area contributed by atoms with Gasteiger partial charge in [-0.05, 0) is 20.8 Å². The maximum Gasteiger partial charge on any atom is 0.427 e. The summed E-state index contributed by atoms with van der Waals surface area (Å²) >= 11 is 0. The molecule has 0 aliphatic heterocycles. The van der Waals surface area contributed by atoms with Gasteiger partial charge in [-0.3, -0.25) is 0 Å². The quantitative estimate of drug-likeness (QED) is 0.413. The van der Waals surface area contributed by atoms with Gasteiger partial charge in [0.05, 0.1) is 13.2 Å². The minimum absolute atomic E-state index is 0.0694. The highest BCUT2D eigenvalue weighted by Gasteiger charge is 2.07. The zero-order chi connectivity index (χ0) is 11.0. The van der Waals surface area contributed by atoms with Crippen LogP contribution in [0.3, 0.4) is 0 Å². The summed E-state index contributed by atoms with van der Waals surface area (Å²) in [5.74, 6) is -0.565. The van der Waals surface area contributed by atoms with Crippen molar-refractivity contribution in [1.29, 1.82) is 0 Å². The first-order valence-electron chi connectivity index (χ1n) is 4.26. The Morgan fingerprint density at radius 3 is 2.29 bits per heavy atom. The zero-order valence-electron chi connectivity index (χ0n) is 8.49. The molecule has 0 saturated carbocycles. The first-order valence-corrected chi connectivity index (χ1v) is 4.26. The van der Waals surface area contributed by atoms with Crippen molar-refractivity contribution >= 4 is 17.8 Å². The fraction of sp³-hybridized carbons (Fsp3) is 0.625. The third-order valence-electron chi connectivity index (χ3n) is 1.16. The molecule has 0 bridgehead atoms. The smallest absolute Gasteiger partial charge is 0.427 e. The van der Waals surface area contributed by atoms with Crippen molar-refractivity contribution in [2.24, 2.45) is 5.10 Å². The number of nitrogens with one attached hydrogen (secondary N) is 1. The molecule has 0 aliphatic rings. The van der Waals surface area contributed by atoms with Crippen LogP contribution >= 0.6 is 0 Å². The molecule has 0 radical (unpaired) electrons. The van der Waals surface area contributed by atoms with Crippen LogP contribution in [0.15, 0.2) is 5.10 Å². The maximum atomic E-state index is 11.0. The third-order valence-corrected chi connectivity index (χ3v) is 1.16. The number of hydrogen-bond donors (Lipinski definition) is 1. The van der Waals surface area contributed by atoms with Crippen molar-refractivity contribution in [1.82, 2.24) is 5.43 Å². The van der Waals surface area contributed by atoms with E-state index in [4.69, 9.17) is 0 Å².